The van der Waals surface area contributed by atoms with Gasteiger partial charge in [-0.2, -0.15) is 10.1 Å². The molecule has 0 aliphatic heterocycles. The van der Waals surface area contributed by atoms with Gasteiger partial charge in [-0.1, -0.05) is 12.1 Å². The lowest BCUT2D eigenvalue weighted by atomic mass is 10.2. The molecule has 0 saturated carbocycles. The average Bonchev–Trinajstić information content (AvgIpc) is 3.12. The molecule has 0 fully saturated rings. The maximum Gasteiger partial charge on any atom is 0.330 e. The van der Waals surface area contributed by atoms with Crippen LogP contribution < -0.4 is 10.1 Å². The third kappa shape index (κ3) is 5.19. The summed E-state index contributed by atoms with van der Waals surface area (Å²) in [7, 11) is 1.64. The Hall–Kier alpha value is -3.68. The second-order valence-corrected chi connectivity index (χ2v) is 6.12. The first-order chi connectivity index (χ1) is 14.1. The largest absolute Gasteiger partial charge is 0.497 e. The molecule has 0 aliphatic carbocycles. The molecule has 2 heterocycles. The molecule has 0 atom stereocenters. The minimum atomic E-state index is -0.383. The summed E-state index contributed by atoms with van der Waals surface area (Å²) in [6.45, 7) is 4.60. The van der Waals surface area contributed by atoms with Crippen LogP contribution in [0.25, 0.3) is 11.9 Å². The van der Waals surface area contributed by atoms with Crippen molar-refractivity contribution in [2.75, 3.05) is 19.0 Å². The number of benzene rings is 1. The zero-order valence-electron chi connectivity index (χ0n) is 16.6. The van der Waals surface area contributed by atoms with Crippen LogP contribution in [0.4, 0.5) is 5.95 Å². The van der Waals surface area contributed by atoms with Crippen LogP contribution >= 0.6 is 0 Å². The maximum atomic E-state index is 11.5. The summed E-state index contributed by atoms with van der Waals surface area (Å²) in [5.41, 5.74) is 2.75. The highest BCUT2D eigenvalue weighted by molar-refractivity contribution is 5.87. The van der Waals surface area contributed by atoms with Gasteiger partial charge in [0.1, 0.15) is 5.75 Å². The Kier molecular flexibility index (Phi) is 6.57. The SMILES string of the molecule is CCOC(=O)/C=C/c1cnn(-c2ccnc(NCc3ccc(OC)cc3)n2)c1C. The molecule has 0 saturated heterocycles. The van der Waals surface area contributed by atoms with Crippen LogP contribution in [0.2, 0.25) is 0 Å². The molecule has 1 aromatic carbocycles. The Balaban J connectivity index is 1.71. The Morgan fingerprint density at radius 1 is 1.24 bits per heavy atom. The lowest BCUT2D eigenvalue weighted by Crippen LogP contribution is -2.08. The van der Waals surface area contributed by atoms with Gasteiger partial charge in [0, 0.05) is 30.4 Å². The fraction of sp³-hybridized carbons (Fsp3) is 0.238. The minimum absolute atomic E-state index is 0.342. The number of hydrogen-bond donors (Lipinski definition) is 1. The van der Waals surface area contributed by atoms with Crippen molar-refractivity contribution in [3.8, 4) is 11.6 Å². The number of anilines is 1. The van der Waals surface area contributed by atoms with Crippen molar-refractivity contribution in [2.45, 2.75) is 20.4 Å². The van der Waals surface area contributed by atoms with Crippen molar-refractivity contribution >= 4 is 18.0 Å². The molecule has 0 aliphatic rings. The van der Waals surface area contributed by atoms with Gasteiger partial charge in [0.05, 0.1) is 25.6 Å². The van der Waals surface area contributed by atoms with Gasteiger partial charge in [-0.25, -0.2) is 14.5 Å². The van der Waals surface area contributed by atoms with Gasteiger partial charge in [0.25, 0.3) is 0 Å². The normalized spacial score (nSPS) is 10.9. The van der Waals surface area contributed by atoms with Crippen molar-refractivity contribution < 1.29 is 14.3 Å². The highest BCUT2D eigenvalue weighted by Gasteiger charge is 2.09. The number of esters is 1. The second-order valence-electron chi connectivity index (χ2n) is 6.12. The van der Waals surface area contributed by atoms with Crippen molar-refractivity contribution in [2.24, 2.45) is 0 Å². The summed E-state index contributed by atoms with van der Waals surface area (Å²) in [5, 5.41) is 7.58. The summed E-state index contributed by atoms with van der Waals surface area (Å²) >= 11 is 0. The molecule has 2 aromatic heterocycles. The molecule has 0 spiro atoms. The standard InChI is InChI=1S/C21H23N5O3/c1-4-29-20(27)10-7-17-14-24-26(15(17)2)19-11-12-22-21(25-19)23-13-16-5-8-18(28-3)9-6-16/h5-12,14H,4,13H2,1-3H3,(H,22,23,25)/b10-7+. The number of methoxy groups -OCH3 is 1. The van der Waals surface area contributed by atoms with Crippen LogP contribution in [0.5, 0.6) is 5.75 Å². The Morgan fingerprint density at radius 3 is 2.76 bits per heavy atom. The number of carbonyl (C=O) groups excluding carboxylic acids is 1. The van der Waals surface area contributed by atoms with Gasteiger partial charge in [-0.15, -0.1) is 0 Å². The maximum absolute atomic E-state index is 11.5. The van der Waals surface area contributed by atoms with Crippen LogP contribution in [0.15, 0.2) is 48.8 Å². The lowest BCUT2D eigenvalue weighted by Gasteiger charge is -2.08. The van der Waals surface area contributed by atoms with Crippen LogP contribution in [0, 0.1) is 6.92 Å². The van der Waals surface area contributed by atoms with E-state index in [0.29, 0.717) is 24.9 Å². The van der Waals surface area contributed by atoms with Gasteiger partial charge in [0.15, 0.2) is 5.82 Å². The van der Waals surface area contributed by atoms with Crippen LogP contribution in [0.1, 0.15) is 23.7 Å². The molecule has 0 amide bonds. The number of nitrogens with one attached hydrogen (secondary N) is 1. The van der Waals surface area contributed by atoms with Crippen LogP contribution in [-0.4, -0.2) is 39.4 Å². The number of rotatable bonds is 8. The van der Waals surface area contributed by atoms with Crippen molar-refractivity contribution in [3.63, 3.8) is 0 Å². The van der Waals surface area contributed by atoms with E-state index in [1.165, 1.54) is 6.08 Å². The summed E-state index contributed by atoms with van der Waals surface area (Å²) in [5.74, 6) is 1.56. The molecule has 0 unspecified atom stereocenters. The van der Waals surface area contributed by atoms with Gasteiger partial charge in [-0.05, 0) is 37.6 Å². The zero-order chi connectivity index (χ0) is 20.6. The smallest absolute Gasteiger partial charge is 0.330 e. The van der Waals surface area contributed by atoms with E-state index in [0.717, 1.165) is 22.6 Å². The monoisotopic (exact) mass is 393 g/mol. The van der Waals surface area contributed by atoms with Gasteiger partial charge < -0.3 is 14.8 Å². The fourth-order valence-corrected chi connectivity index (χ4v) is 2.64. The first-order valence-electron chi connectivity index (χ1n) is 9.20. The van der Waals surface area contributed by atoms with E-state index in [1.54, 1.807) is 43.3 Å². The van der Waals surface area contributed by atoms with E-state index in [9.17, 15) is 4.79 Å². The van der Waals surface area contributed by atoms with E-state index in [-0.39, 0.29) is 5.97 Å². The van der Waals surface area contributed by atoms with Gasteiger partial charge in [-0.3, -0.25) is 0 Å². The van der Waals surface area contributed by atoms with Gasteiger partial charge in [0.2, 0.25) is 5.95 Å². The van der Waals surface area contributed by atoms with Crippen molar-refractivity contribution in [1.29, 1.82) is 0 Å². The number of ether oxygens (including phenoxy) is 2. The van der Waals surface area contributed by atoms with Crippen molar-refractivity contribution in [3.05, 3.63) is 65.6 Å². The third-order valence-corrected chi connectivity index (χ3v) is 4.20. The third-order valence-electron chi connectivity index (χ3n) is 4.20. The molecular formula is C21H23N5O3. The zero-order valence-corrected chi connectivity index (χ0v) is 16.6. The topological polar surface area (TPSA) is 91.2 Å². The van der Waals surface area contributed by atoms with E-state index >= 15 is 0 Å². The summed E-state index contributed by atoms with van der Waals surface area (Å²) in [4.78, 5) is 20.3. The predicted octanol–water partition coefficient (Wildman–Crippen LogP) is 3.17. The number of nitrogens with zero attached hydrogens (tertiary/aromatic N) is 4. The molecule has 0 radical (unpaired) electrons. The molecule has 0 bridgehead atoms. The van der Waals surface area contributed by atoms with Gasteiger partial charge >= 0.3 is 5.97 Å². The van der Waals surface area contributed by atoms with Crippen LogP contribution in [-0.2, 0) is 16.1 Å². The summed E-state index contributed by atoms with van der Waals surface area (Å²) in [6.07, 6.45) is 6.42. The molecule has 1 N–H and O–H groups in total. The van der Waals surface area contributed by atoms with E-state index in [2.05, 4.69) is 20.4 Å². The van der Waals surface area contributed by atoms with Crippen molar-refractivity contribution in [1.82, 2.24) is 19.7 Å². The number of carbonyl (C=O) groups is 1. The quantitative estimate of drug-likeness (QED) is 0.464. The Morgan fingerprint density at radius 2 is 2.03 bits per heavy atom. The average molecular weight is 393 g/mol. The van der Waals surface area contributed by atoms with E-state index < -0.39 is 0 Å². The Bertz CT molecular complexity index is 996. The highest BCUT2D eigenvalue weighted by atomic mass is 16.5. The fourth-order valence-electron chi connectivity index (χ4n) is 2.64. The molecule has 150 valence electrons. The predicted molar refractivity (Wildman–Crippen MR) is 110 cm³/mol. The first kappa shape index (κ1) is 20.1. The molecule has 8 heteroatoms. The van der Waals surface area contributed by atoms with Crippen LogP contribution in [0.3, 0.4) is 0 Å². The molecule has 29 heavy (non-hydrogen) atoms. The lowest BCUT2D eigenvalue weighted by molar-refractivity contribution is -0.137. The molecule has 3 rings (SSSR count). The number of aromatic nitrogens is 4. The first-order valence-corrected chi connectivity index (χ1v) is 9.20. The number of hydrogen-bond acceptors (Lipinski definition) is 7. The van der Waals surface area contributed by atoms with E-state index in [4.69, 9.17) is 9.47 Å². The summed E-state index contributed by atoms with van der Waals surface area (Å²) < 4.78 is 11.8. The minimum Gasteiger partial charge on any atom is -0.497 e. The second kappa shape index (κ2) is 9.50. The molecule has 3 aromatic rings. The highest BCUT2D eigenvalue weighted by Crippen LogP contribution is 2.16. The van der Waals surface area contributed by atoms with E-state index in [1.807, 2.05) is 31.2 Å². The summed E-state index contributed by atoms with van der Waals surface area (Å²) in [6, 6.07) is 9.56. The Labute approximate surface area is 169 Å². The molecular weight excluding hydrogens is 370 g/mol. The molecule has 8 nitrogen and oxygen atoms in total.